The summed E-state index contributed by atoms with van der Waals surface area (Å²) < 4.78 is 13.2. The largest absolute Gasteiger partial charge is 0.368 e. The van der Waals surface area contributed by atoms with Crippen molar-refractivity contribution < 1.29 is 14.0 Å². The van der Waals surface area contributed by atoms with Gasteiger partial charge in [0.1, 0.15) is 5.82 Å². The van der Waals surface area contributed by atoms with Crippen molar-refractivity contribution in [3.05, 3.63) is 130 Å². The van der Waals surface area contributed by atoms with Crippen molar-refractivity contribution in [2.45, 2.75) is 12.8 Å². The molecule has 1 unspecified atom stereocenters. The van der Waals surface area contributed by atoms with E-state index in [1.807, 2.05) is 67.0 Å². The number of Topliss-reactive ketones (excluding diaryl/α,β-unsaturated/α-hetero) is 2. The normalized spacial score (nSPS) is 16.7. The van der Waals surface area contributed by atoms with Gasteiger partial charge in [0.25, 0.3) is 0 Å². The number of halogens is 1. The first-order valence-corrected chi connectivity index (χ1v) is 11.6. The molecule has 35 heavy (non-hydrogen) atoms. The van der Waals surface area contributed by atoms with E-state index < -0.39 is 5.92 Å². The van der Waals surface area contributed by atoms with Gasteiger partial charge in [0.15, 0.2) is 11.6 Å². The van der Waals surface area contributed by atoms with Crippen LogP contribution in [0.5, 0.6) is 0 Å². The maximum atomic E-state index is 13.2. The molecule has 172 valence electrons. The first-order chi connectivity index (χ1) is 17.1. The molecule has 0 bridgehead atoms. The Morgan fingerprint density at radius 3 is 2.29 bits per heavy atom. The van der Waals surface area contributed by atoms with E-state index in [0.29, 0.717) is 11.1 Å². The lowest BCUT2D eigenvalue weighted by molar-refractivity contribution is 0.0881. The number of rotatable bonds is 2. The summed E-state index contributed by atoms with van der Waals surface area (Å²) in [6, 6.07) is 17.7. The highest BCUT2D eigenvalue weighted by molar-refractivity contribution is 6.08. The zero-order valence-electron chi connectivity index (χ0n) is 19.1. The van der Waals surface area contributed by atoms with Crippen molar-refractivity contribution in [3.8, 4) is 11.1 Å². The zero-order chi connectivity index (χ0) is 24.2. The Labute approximate surface area is 203 Å². The second-order valence-corrected chi connectivity index (χ2v) is 8.59. The van der Waals surface area contributed by atoms with E-state index in [1.165, 1.54) is 35.4 Å². The third-order valence-corrected chi connectivity index (χ3v) is 6.38. The molecule has 3 aromatic carbocycles. The molecule has 0 spiro atoms. The molecule has 6 rings (SSSR count). The van der Waals surface area contributed by atoms with Gasteiger partial charge >= 0.3 is 0 Å². The summed E-state index contributed by atoms with van der Waals surface area (Å²) in [7, 11) is 0. The maximum absolute atomic E-state index is 13.2. The number of hydrogen-bond donors (Lipinski definition) is 1. The standard InChI is InChI=1S/C25H17FO2.C6H7N/c26-18-8-5-16(6-9-18)25(28)17-13-23-21-10-7-15-3-1-2-4-19(15)20(21)11-12-22(23)24(27)14-17;1-2-4-6-7-5-3-1/h1-6,8-13,17H,7,14H2;1-7H. The van der Waals surface area contributed by atoms with Gasteiger partial charge in [-0.15, -0.1) is 0 Å². The highest BCUT2D eigenvalue weighted by atomic mass is 19.1. The summed E-state index contributed by atoms with van der Waals surface area (Å²) in [6.45, 7) is 0. The summed E-state index contributed by atoms with van der Waals surface area (Å²) in [4.78, 5) is 25.7. The van der Waals surface area contributed by atoms with Crippen LogP contribution >= 0.6 is 0 Å². The van der Waals surface area contributed by atoms with Crippen LogP contribution in [0.1, 0.15) is 32.7 Å². The van der Waals surface area contributed by atoms with Gasteiger partial charge in [-0.1, -0.05) is 60.7 Å². The number of carbonyl (C=O) groups excluding carboxylic acids is 2. The van der Waals surface area contributed by atoms with Crippen LogP contribution in [0.15, 0.2) is 97.4 Å². The van der Waals surface area contributed by atoms with E-state index in [9.17, 15) is 14.0 Å². The van der Waals surface area contributed by atoms with Gasteiger partial charge in [0.2, 0.25) is 0 Å². The lowest BCUT2D eigenvalue weighted by Crippen LogP contribution is -2.39. The number of carbonyl (C=O) groups is 2. The summed E-state index contributed by atoms with van der Waals surface area (Å²) in [5, 5.41) is 4.80. The van der Waals surface area contributed by atoms with Crippen molar-refractivity contribution in [1.82, 2.24) is 5.32 Å². The van der Waals surface area contributed by atoms with Crippen LogP contribution in [0.4, 0.5) is 4.39 Å². The number of nitrogens with one attached hydrogen (secondary N) is 1. The summed E-state index contributed by atoms with van der Waals surface area (Å²) in [6.07, 6.45) is 16.6. The third-order valence-electron chi connectivity index (χ3n) is 6.38. The molecule has 1 heterocycles. The van der Waals surface area contributed by atoms with Crippen molar-refractivity contribution in [2.24, 2.45) is 5.92 Å². The fraction of sp³-hybridized carbons (Fsp3) is 0.0968. The molecule has 0 fully saturated rings. The van der Waals surface area contributed by atoms with Crippen LogP contribution in [0.25, 0.3) is 23.3 Å². The fourth-order valence-electron chi connectivity index (χ4n) is 4.66. The number of ketones is 2. The van der Waals surface area contributed by atoms with E-state index in [-0.39, 0.29) is 23.8 Å². The molecule has 0 radical (unpaired) electrons. The quantitative estimate of drug-likeness (QED) is 0.554. The maximum Gasteiger partial charge on any atom is 0.170 e. The molecule has 4 heteroatoms. The topological polar surface area (TPSA) is 46.2 Å². The number of fused-ring (bicyclic) bond motifs is 5. The molecule has 1 aliphatic heterocycles. The monoisotopic (exact) mass is 461 g/mol. The highest BCUT2D eigenvalue weighted by Crippen LogP contribution is 2.26. The summed E-state index contributed by atoms with van der Waals surface area (Å²) in [5.74, 6) is -1.07. The Hall–Kier alpha value is -4.31. The van der Waals surface area contributed by atoms with Crippen LogP contribution in [0, 0.1) is 11.7 Å². The fourth-order valence-corrected chi connectivity index (χ4v) is 4.66. The molecular formula is C31H24FNO2. The number of benzene rings is 3. The Bertz CT molecular complexity index is 1500. The van der Waals surface area contributed by atoms with Crippen molar-refractivity contribution in [1.29, 1.82) is 0 Å². The molecule has 3 nitrogen and oxygen atoms in total. The molecule has 3 aromatic rings. The van der Waals surface area contributed by atoms with Gasteiger partial charge < -0.3 is 5.32 Å². The van der Waals surface area contributed by atoms with Crippen molar-refractivity contribution in [2.75, 3.05) is 0 Å². The predicted octanol–water partition coefficient (Wildman–Crippen LogP) is 4.87. The minimum absolute atomic E-state index is 0.0204. The molecular weight excluding hydrogens is 437 g/mol. The Morgan fingerprint density at radius 1 is 0.800 bits per heavy atom. The van der Waals surface area contributed by atoms with Gasteiger partial charge in [-0.05, 0) is 70.0 Å². The first-order valence-electron chi connectivity index (χ1n) is 11.6. The van der Waals surface area contributed by atoms with Crippen LogP contribution in [-0.4, -0.2) is 11.6 Å². The zero-order valence-corrected chi connectivity index (χ0v) is 19.1. The van der Waals surface area contributed by atoms with Crippen LogP contribution < -0.4 is 15.8 Å². The Morgan fingerprint density at radius 2 is 1.51 bits per heavy atom. The van der Waals surface area contributed by atoms with Gasteiger partial charge in [-0.25, -0.2) is 4.39 Å². The minimum atomic E-state index is -0.525. The molecule has 0 aromatic heterocycles. The van der Waals surface area contributed by atoms with E-state index in [0.717, 1.165) is 22.4 Å². The third kappa shape index (κ3) is 4.69. The smallest absolute Gasteiger partial charge is 0.170 e. The van der Waals surface area contributed by atoms with Gasteiger partial charge in [-0.3, -0.25) is 9.59 Å². The van der Waals surface area contributed by atoms with Crippen LogP contribution in [-0.2, 0) is 6.42 Å². The van der Waals surface area contributed by atoms with E-state index in [1.54, 1.807) is 0 Å². The molecule has 0 saturated heterocycles. The lowest BCUT2D eigenvalue weighted by Gasteiger charge is -2.20. The van der Waals surface area contributed by atoms with Crippen molar-refractivity contribution in [3.63, 3.8) is 0 Å². The molecule has 1 N–H and O–H groups in total. The summed E-state index contributed by atoms with van der Waals surface area (Å²) in [5.41, 5.74) is 4.64. The van der Waals surface area contributed by atoms with E-state index in [2.05, 4.69) is 23.5 Å². The molecule has 0 saturated carbocycles. The molecule has 1 atom stereocenters. The van der Waals surface area contributed by atoms with Crippen LogP contribution in [0.3, 0.4) is 0 Å². The van der Waals surface area contributed by atoms with Crippen LogP contribution in [0.2, 0.25) is 0 Å². The average Bonchev–Trinajstić information content (AvgIpc) is 3.22. The second-order valence-electron chi connectivity index (χ2n) is 8.59. The number of allylic oxidation sites excluding steroid dienone is 4. The Balaban J connectivity index is 0.000000313. The minimum Gasteiger partial charge on any atom is -0.368 e. The molecule has 3 aliphatic rings. The first kappa shape index (κ1) is 22.5. The number of hydrogen-bond acceptors (Lipinski definition) is 3. The predicted molar refractivity (Wildman–Crippen MR) is 137 cm³/mol. The molecule has 2 aliphatic carbocycles. The lowest BCUT2D eigenvalue weighted by atomic mass is 9.81. The SMILES string of the molecule is C1=CC=CNC=C1.O=C1CC(C(=O)c2ccc(F)cc2)C=c2c1ccc1c2=CCc2ccccc2-1. The van der Waals surface area contributed by atoms with Gasteiger partial charge in [0, 0.05) is 35.9 Å². The van der Waals surface area contributed by atoms with Gasteiger partial charge in [-0.2, -0.15) is 0 Å². The molecule has 0 amide bonds. The average molecular weight is 462 g/mol. The highest BCUT2D eigenvalue weighted by Gasteiger charge is 2.27. The Kier molecular flexibility index (Phi) is 6.36. The van der Waals surface area contributed by atoms with E-state index >= 15 is 0 Å². The van der Waals surface area contributed by atoms with Crippen molar-refractivity contribution >= 4 is 23.7 Å². The second kappa shape index (κ2) is 9.90. The van der Waals surface area contributed by atoms with E-state index in [4.69, 9.17) is 0 Å². The van der Waals surface area contributed by atoms with Gasteiger partial charge in [0.05, 0.1) is 0 Å². The summed E-state index contributed by atoms with van der Waals surface area (Å²) >= 11 is 0.